The molecule has 8 heteroatoms. The fraction of sp³-hybridized carbons (Fsp3) is 0.500. The van der Waals surface area contributed by atoms with E-state index in [0.717, 1.165) is 0 Å². The normalized spacial score (nSPS) is 19.1. The summed E-state index contributed by atoms with van der Waals surface area (Å²) in [6.45, 7) is 2.04. The number of likely N-dealkylation sites (tertiary alicyclic amines) is 1. The fourth-order valence-electron chi connectivity index (χ4n) is 2.75. The maximum absolute atomic E-state index is 12.4. The van der Waals surface area contributed by atoms with E-state index in [2.05, 4.69) is 0 Å². The zero-order valence-electron chi connectivity index (χ0n) is 13.6. The third kappa shape index (κ3) is 4.05. The summed E-state index contributed by atoms with van der Waals surface area (Å²) < 4.78 is 29.9. The van der Waals surface area contributed by atoms with Crippen molar-refractivity contribution in [2.75, 3.05) is 26.0 Å². The van der Waals surface area contributed by atoms with Crippen LogP contribution in [0.4, 0.5) is 0 Å². The number of hydrogen-bond donors (Lipinski definition) is 1. The molecular weight excluding hydrogens is 334 g/mol. The number of aliphatic carboxylic acids is 1. The predicted molar refractivity (Wildman–Crippen MR) is 86.5 cm³/mol. The Kier molecular flexibility index (Phi) is 5.48. The first-order chi connectivity index (χ1) is 11.2. The van der Waals surface area contributed by atoms with Crippen LogP contribution in [0.25, 0.3) is 0 Å². The van der Waals surface area contributed by atoms with Crippen LogP contribution in [0.5, 0.6) is 5.75 Å². The average molecular weight is 355 g/mol. The molecule has 0 aromatic heterocycles. The number of carboxylic acids is 1. The van der Waals surface area contributed by atoms with E-state index in [4.69, 9.17) is 9.84 Å². The van der Waals surface area contributed by atoms with E-state index in [0.29, 0.717) is 18.7 Å². The second kappa shape index (κ2) is 7.21. The van der Waals surface area contributed by atoms with Gasteiger partial charge in [0, 0.05) is 19.0 Å². The van der Waals surface area contributed by atoms with Crippen molar-refractivity contribution in [3.05, 3.63) is 24.3 Å². The highest BCUT2D eigenvalue weighted by Crippen LogP contribution is 2.22. The Morgan fingerprint density at radius 1 is 1.33 bits per heavy atom. The molecule has 7 nitrogen and oxygen atoms in total. The van der Waals surface area contributed by atoms with E-state index in [-0.39, 0.29) is 23.1 Å². The molecule has 1 aromatic carbocycles. The van der Waals surface area contributed by atoms with Crippen LogP contribution in [0.15, 0.2) is 29.2 Å². The Morgan fingerprint density at radius 3 is 2.46 bits per heavy atom. The Bertz CT molecular complexity index is 713. The molecule has 1 fully saturated rings. The van der Waals surface area contributed by atoms with E-state index in [1.54, 1.807) is 19.1 Å². The molecule has 1 saturated heterocycles. The van der Waals surface area contributed by atoms with Gasteiger partial charge in [-0.25, -0.2) is 8.42 Å². The Labute approximate surface area is 141 Å². The maximum Gasteiger partial charge on any atom is 0.308 e. The summed E-state index contributed by atoms with van der Waals surface area (Å²) in [5.41, 5.74) is 0. The highest BCUT2D eigenvalue weighted by molar-refractivity contribution is 7.91. The van der Waals surface area contributed by atoms with Gasteiger partial charge >= 0.3 is 5.97 Å². The number of rotatable bonds is 6. The molecule has 0 saturated carbocycles. The molecule has 0 aliphatic carbocycles. The molecule has 2 rings (SSSR count). The van der Waals surface area contributed by atoms with Crippen molar-refractivity contribution in [3.8, 4) is 5.75 Å². The minimum atomic E-state index is -3.61. The third-order valence-corrected chi connectivity index (χ3v) is 6.09. The first-order valence-corrected chi connectivity index (χ1v) is 9.28. The summed E-state index contributed by atoms with van der Waals surface area (Å²) in [5.74, 6) is -2.31. The number of benzene rings is 1. The molecule has 0 unspecified atom stereocenters. The lowest BCUT2D eigenvalue weighted by molar-refractivity contribution is -0.141. The molecule has 1 aliphatic rings. The summed E-state index contributed by atoms with van der Waals surface area (Å²) in [4.78, 5) is 24.9. The number of methoxy groups -OCH3 is 1. The van der Waals surface area contributed by atoms with Crippen LogP contribution < -0.4 is 4.74 Å². The molecule has 1 N–H and O–H groups in total. The molecule has 0 spiro atoms. The van der Waals surface area contributed by atoms with Crippen LogP contribution in [0.2, 0.25) is 0 Å². The third-order valence-electron chi connectivity index (χ3n) is 4.16. The lowest BCUT2D eigenvalue weighted by Crippen LogP contribution is -2.36. The number of carbonyl (C=O) groups excluding carboxylic acids is 1. The Balaban J connectivity index is 2.03. The van der Waals surface area contributed by atoms with E-state index in [1.807, 2.05) is 0 Å². The number of amides is 1. The monoisotopic (exact) mass is 355 g/mol. The van der Waals surface area contributed by atoms with Gasteiger partial charge in [-0.3, -0.25) is 9.59 Å². The van der Waals surface area contributed by atoms with Gasteiger partial charge in [0.25, 0.3) is 0 Å². The average Bonchev–Trinajstić information content (AvgIpc) is 3.04. The van der Waals surface area contributed by atoms with E-state index < -0.39 is 27.6 Å². The molecule has 132 valence electrons. The van der Waals surface area contributed by atoms with Crippen molar-refractivity contribution in [2.45, 2.75) is 18.2 Å². The molecular formula is C16H21NO6S. The molecule has 1 aliphatic heterocycles. The van der Waals surface area contributed by atoms with Gasteiger partial charge in [0.15, 0.2) is 9.84 Å². The SMILES string of the molecule is COc1ccc(S(=O)(=O)C[C@@H](C)C(=O)N2CC[C@@H](C(=O)O)C2)cc1. The highest BCUT2D eigenvalue weighted by atomic mass is 32.2. The van der Waals surface area contributed by atoms with Crippen molar-refractivity contribution >= 4 is 21.7 Å². The van der Waals surface area contributed by atoms with Crippen LogP contribution in [0.1, 0.15) is 13.3 Å². The Hall–Kier alpha value is -2.09. The van der Waals surface area contributed by atoms with Crippen molar-refractivity contribution in [1.29, 1.82) is 0 Å². The quantitative estimate of drug-likeness (QED) is 0.818. The number of nitrogens with zero attached hydrogens (tertiary/aromatic N) is 1. The number of hydrogen-bond acceptors (Lipinski definition) is 5. The van der Waals surface area contributed by atoms with Crippen LogP contribution in [-0.2, 0) is 19.4 Å². The van der Waals surface area contributed by atoms with Gasteiger partial charge in [0.1, 0.15) is 5.75 Å². The molecule has 1 heterocycles. The molecule has 24 heavy (non-hydrogen) atoms. The zero-order chi connectivity index (χ0) is 17.9. The number of carbonyl (C=O) groups is 2. The van der Waals surface area contributed by atoms with Gasteiger partial charge in [-0.1, -0.05) is 6.92 Å². The summed E-state index contributed by atoms with van der Waals surface area (Å²) in [7, 11) is -2.12. The van der Waals surface area contributed by atoms with E-state index >= 15 is 0 Å². The molecule has 1 amide bonds. The van der Waals surface area contributed by atoms with Gasteiger partial charge in [0.05, 0.1) is 23.7 Å². The van der Waals surface area contributed by atoms with Gasteiger partial charge < -0.3 is 14.7 Å². The first kappa shape index (κ1) is 18.3. The fourth-order valence-corrected chi connectivity index (χ4v) is 4.30. The lowest BCUT2D eigenvalue weighted by Gasteiger charge is -2.20. The van der Waals surface area contributed by atoms with Crippen LogP contribution in [-0.4, -0.2) is 56.3 Å². The number of ether oxygens (including phenoxy) is 1. The van der Waals surface area contributed by atoms with Crippen LogP contribution in [0.3, 0.4) is 0 Å². The molecule has 0 bridgehead atoms. The maximum atomic E-state index is 12.4. The first-order valence-electron chi connectivity index (χ1n) is 7.63. The second-order valence-corrected chi connectivity index (χ2v) is 8.00. The summed E-state index contributed by atoms with van der Waals surface area (Å²) >= 11 is 0. The standard InChI is InChI=1S/C16H21NO6S/c1-11(15(18)17-8-7-12(9-17)16(19)20)10-24(21,22)14-5-3-13(23-2)4-6-14/h3-6,11-12H,7-10H2,1-2H3,(H,19,20)/t11-,12-/m1/s1. The molecule has 1 aromatic rings. The summed E-state index contributed by atoms with van der Waals surface area (Å²) in [6.07, 6.45) is 0.402. The minimum Gasteiger partial charge on any atom is -0.497 e. The van der Waals surface area contributed by atoms with Crippen molar-refractivity contribution in [3.63, 3.8) is 0 Å². The largest absolute Gasteiger partial charge is 0.497 e. The van der Waals surface area contributed by atoms with Crippen LogP contribution >= 0.6 is 0 Å². The lowest BCUT2D eigenvalue weighted by atomic mass is 10.1. The van der Waals surface area contributed by atoms with Gasteiger partial charge in [-0.05, 0) is 30.7 Å². The minimum absolute atomic E-state index is 0.132. The summed E-state index contributed by atoms with van der Waals surface area (Å²) in [5, 5.41) is 8.99. The number of sulfone groups is 1. The van der Waals surface area contributed by atoms with Crippen molar-refractivity contribution in [2.24, 2.45) is 11.8 Å². The van der Waals surface area contributed by atoms with Gasteiger partial charge in [-0.2, -0.15) is 0 Å². The van der Waals surface area contributed by atoms with E-state index in [9.17, 15) is 18.0 Å². The smallest absolute Gasteiger partial charge is 0.308 e. The molecule has 0 radical (unpaired) electrons. The summed E-state index contributed by atoms with van der Waals surface area (Å²) in [6, 6.07) is 6.00. The van der Waals surface area contributed by atoms with Crippen molar-refractivity contribution < 1.29 is 27.9 Å². The van der Waals surface area contributed by atoms with Gasteiger partial charge in [-0.15, -0.1) is 0 Å². The predicted octanol–water partition coefficient (Wildman–Crippen LogP) is 1.04. The molecule has 2 atom stereocenters. The topological polar surface area (TPSA) is 101 Å². The van der Waals surface area contributed by atoms with Gasteiger partial charge in [0.2, 0.25) is 5.91 Å². The van der Waals surface area contributed by atoms with Crippen LogP contribution in [0, 0.1) is 11.8 Å². The second-order valence-electron chi connectivity index (χ2n) is 5.97. The van der Waals surface area contributed by atoms with E-state index in [1.165, 1.54) is 24.1 Å². The van der Waals surface area contributed by atoms with Crippen molar-refractivity contribution in [1.82, 2.24) is 4.90 Å². The number of carboxylic acid groups (broad SMARTS) is 1. The highest BCUT2D eigenvalue weighted by Gasteiger charge is 2.34. The Morgan fingerprint density at radius 2 is 1.96 bits per heavy atom. The zero-order valence-corrected chi connectivity index (χ0v) is 14.5.